The van der Waals surface area contributed by atoms with E-state index in [1.54, 1.807) is 19.1 Å². The summed E-state index contributed by atoms with van der Waals surface area (Å²) in [5, 5.41) is 2.79. The number of benzene rings is 2. The van der Waals surface area contributed by atoms with Gasteiger partial charge in [-0.1, -0.05) is 42.5 Å². The van der Waals surface area contributed by atoms with Crippen LogP contribution in [0.25, 0.3) is 0 Å². The third-order valence-corrected chi connectivity index (χ3v) is 4.20. The van der Waals surface area contributed by atoms with Crippen LogP contribution < -0.4 is 5.32 Å². The topological polar surface area (TPSA) is 49.4 Å². The maximum Gasteiger partial charge on any atom is 0.251 e. The van der Waals surface area contributed by atoms with Gasteiger partial charge in [0.05, 0.1) is 0 Å². The molecular formula is C19H20N2O2. The molecular weight excluding hydrogens is 288 g/mol. The first-order chi connectivity index (χ1) is 11.1. The van der Waals surface area contributed by atoms with Gasteiger partial charge in [-0.2, -0.15) is 0 Å². The highest BCUT2D eigenvalue weighted by atomic mass is 16.2. The summed E-state index contributed by atoms with van der Waals surface area (Å²) in [6.45, 7) is 3.05. The molecule has 0 spiro atoms. The molecule has 3 rings (SSSR count). The van der Waals surface area contributed by atoms with Crippen molar-refractivity contribution in [3.05, 3.63) is 71.3 Å². The number of nitrogens with zero attached hydrogens (tertiary/aromatic N) is 1. The predicted molar refractivity (Wildman–Crippen MR) is 88.9 cm³/mol. The molecule has 1 atom stereocenters. The molecule has 1 N–H and O–H groups in total. The average molecular weight is 308 g/mol. The number of rotatable bonds is 3. The van der Waals surface area contributed by atoms with E-state index in [1.165, 1.54) is 11.1 Å². The smallest absolute Gasteiger partial charge is 0.251 e. The van der Waals surface area contributed by atoms with E-state index < -0.39 is 6.04 Å². The number of amides is 2. The van der Waals surface area contributed by atoms with E-state index in [9.17, 15) is 9.59 Å². The summed E-state index contributed by atoms with van der Waals surface area (Å²) < 4.78 is 0. The Kier molecular flexibility index (Phi) is 4.42. The van der Waals surface area contributed by atoms with E-state index in [-0.39, 0.29) is 11.8 Å². The molecule has 0 aromatic heterocycles. The SMILES string of the molecule is C[C@H](NC(=O)c1ccccc1)C(=O)N1CCc2ccccc2C1. The lowest BCUT2D eigenvalue weighted by Gasteiger charge is -2.31. The molecule has 0 unspecified atom stereocenters. The summed E-state index contributed by atoms with van der Waals surface area (Å²) in [5.41, 5.74) is 3.06. The van der Waals surface area contributed by atoms with Crippen LogP contribution in [0.2, 0.25) is 0 Å². The Hall–Kier alpha value is -2.62. The highest BCUT2D eigenvalue weighted by molar-refractivity contribution is 5.97. The van der Waals surface area contributed by atoms with Gasteiger partial charge in [0.2, 0.25) is 5.91 Å². The van der Waals surface area contributed by atoms with Gasteiger partial charge in [0.1, 0.15) is 6.04 Å². The normalized spacial score (nSPS) is 14.7. The van der Waals surface area contributed by atoms with Crippen molar-refractivity contribution in [2.24, 2.45) is 0 Å². The van der Waals surface area contributed by atoms with Crippen LogP contribution in [0.1, 0.15) is 28.4 Å². The fraction of sp³-hybridized carbons (Fsp3) is 0.263. The Bertz CT molecular complexity index is 712. The van der Waals surface area contributed by atoms with E-state index in [1.807, 2.05) is 35.2 Å². The number of nitrogens with one attached hydrogen (secondary N) is 1. The third-order valence-electron chi connectivity index (χ3n) is 4.20. The number of carbonyl (C=O) groups excluding carboxylic acids is 2. The van der Waals surface area contributed by atoms with Gasteiger partial charge in [-0.25, -0.2) is 0 Å². The molecule has 0 saturated carbocycles. The lowest BCUT2D eigenvalue weighted by Crippen LogP contribution is -2.48. The van der Waals surface area contributed by atoms with Crippen LogP contribution in [-0.4, -0.2) is 29.3 Å². The summed E-state index contributed by atoms with van der Waals surface area (Å²) in [7, 11) is 0. The average Bonchev–Trinajstić information content (AvgIpc) is 2.61. The zero-order chi connectivity index (χ0) is 16.2. The molecule has 0 aliphatic carbocycles. The first kappa shape index (κ1) is 15.3. The second-order valence-corrected chi connectivity index (χ2v) is 5.84. The molecule has 4 nitrogen and oxygen atoms in total. The Balaban J connectivity index is 1.63. The quantitative estimate of drug-likeness (QED) is 0.946. The van der Waals surface area contributed by atoms with Crippen LogP contribution in [0.5, 0.6) is 0 Å². The van der Waals surface area contributed by atoms with Crippen molar-refractivity contribution in [2.75, 3.05) is 6.54 Å². The lowest BCUT2D eigenvalue weighted by atomic mass is 9.99. The van der Waals surface area contributed by atoms with Gasteiger partial charge in [0.25, 0.3) is 5.91 Å². The van der Waals surface area contributed by atoms with E-state index in [0.717, 1.165) is 6.42 Å². The summed E-state index contributed by atoms with van der Waals surface area (Å²) in [4.78, 5) is 26.6. The fourth-order valence-corrected chi connectivity index (χ4v) is 2.89. The van der Waals surface area contributed by atoms with Crippen molar-refractivity contribution >= 4 is 11.8 Å². The van der Waals surface area contributed by atoms with Crippen molar-refractivity contribution in [3.8, 4) is 0 Å². The molecule has 0 bridgehead atoms. The van der Waals surface area contributed by atoms with Gasteiger partial charge in [0.15, 0.2) is 0 Å². The molecule has 0 radical (unpaired) electrons. The minimum atomic E-state index is -0.534. The largest absolute Gasteiger partial charge is 0.341 e. The Morgan fingerprint density at radius 2 is 1.65 bits per heavy atom. The van der Waals surface area contributed by atoms with Crippen molar-refractivity contribution in [3.63, 3.8) is 0 Å². The zero-order valence-corrected chi connectivity index (χ0v) is 13.2. The molecule has 1 aliphatic heterocycles. The van der Waals surface area contributed by atoms with Gasteiger partial charge in [-0.05, 0) is 36.6 Å². The van der Waals surface area contributed by atoms with E-state index in [2.05, 4.69) is 17.4 Å². The van der Waals surface area contributed by atoms with Crippen LogP contribution in [0.15, 0.2) is 54.6 Å². The zero-order valence-electron chi connectivity index (χ0n) is 13.2. The van der Waals surface area contributed by atoms with E-state index in [0.29, 0.717) is 18.7 Å². The van der Waals surface area contributed by atoms with E-state index >= 15 is 0 Å². The second-order valence-electron chi connectivity index (χ2n) is 5.84. The van der Waals surface area contributed by atoms with Crippen LogP contribution in [0, 0.1) is 0 Å². The molecule has 0 saturated heterocycles. The lowest BCUT2D eigenvalue weighted by molar-refractivity contribution is -0.133. The minimum absolute atomic E-state index is 0.0382. The van der Waals surface area contributed by atoms with Crippen LogP contribution in [0.3, 0.4) is 0 Å². The summed E-state index contributed by atoms with van der Waals surface area (Å²) in [5.74, 6) is -0.257. The van der Waals surface area contributed by atoms with Crippen LogP contribution in [0.4, 0.5) is 0 Å². The molecule has 118 valence electrons. The summed E-state index contributed by atoms with van der Waals surface area (Å²) in [6.07, 6.45) is 0.862. The number of hydrogen-bond donors (Lipinski definition) is 1. The Morgan fingerprint density at radius 1 is 1.00 bits per heavy atom. The van der Waals surface area contributed by atoms with Gasteiger partial charge in [-0.3, -0.25) is 9.59 Å². The molecule has 1 aliphatic rings. The van der Waals surface area contributed by atoms with Crippen molar-refractivity contribution in [1.82, 2.24) is 10.2 Å². The fourth-order valence-electron chi connectivity index (χ4n) is 2.89. The standard InChI is InChI=1S/C19H20N2O2/c1-14(20-18(22)16-8-3-2-4-9-16)19(23)21-12-11-15-7-5-6-10-17(15)13-21/h2-10,14H,11-13H2,1H3,(H,20,22)/t14-/m0/s1. The van der Waals surface area contributed by atoms with E-state index in [4.69, 9.17) is 0 Å². The first-order valence-corrected chi connectivity index (χ1v) is 7.86. The molecule has 2 aromatic rings. The maximum absolute atomic E-state index is 12.6. The molecule has 4 heteroatoms. The molecule has 0 fully saturated rings. The summed E-state index contributed by atoms with van der Waals surface area (Å²) in [6, 6.07) is 16.6. The molecule has 2 amide bonds. The molecule has 2 aromatic carbocycles. The number of carbonyl (C=O) groups is 2. The summed E-state index contributed by atoms with van der Waals surface area (Å²) >= 11 is 0. The molecule has 1 heterocycles. The minimum Gasteiger partial charge on any atom is -0.341 e. The van der Waals surface area contributed by atoms with Crippen molar-refractivity contribution in [2.45, 2.75) is 25.9 Å². The van der Waals surface area contributed by atoms with Crippen LogP contribution >= 0.6 is 0 Å². The predicted octanol–water partition coefficient (Wildman–Crippen LogP) is 2.39. The first-order valence-electron chi connectivity index (χ1n) is 7.86. The molecule has 23 heavy (non-hydrogen) atoms. The van der Waals surface area contributed by atoms with Gasteiger partial charge in [-0.15, -0.1) is 0 Å². The highest BCUT2D eigenvalue weighted by Crippen LogP contribution is 2.19. The monoisotopic (exact) mass is 308 g/mol. The van der Waals surface area contributed by atoms with Gasteiger partial charge in [0, 0.05) is 18.7 Å². The highest BCUT2D eigenvalue weighted by Gasteiger charge is 2.25. The van der Waals surface area contributed by atoms with Crippen molar-refractivity contribution in [1.29, 1.82) is 0 Å². The van der Waals surface area contributed by atoms with Crippen molar-refractivity contribution < 1.29 is 9.59 Å². The van der Waals surface area contributed by atoms with Gasteiger partial charge < -0.3 is 10.2 Å². The Labute approximate surface area is 136 Å². The van der Waals surface area contributed by atoms with Gasteiger partial charge >= 0.3 is 0 Å². The Morgan fingerprint density at radius 3 is 2.39 bits per heavy atom. The third kappa shape index (κ3) is 3.42. The number of hydrogen-bond acceptors (Lipinski definition) is 2. The maximum atomic E-state index is 12.6. The number of fused-ring (bicyclic) bond motifs is 1. The van der Waals surface area contributed by atoms with Crippen LogP contribution in [-0.2, 0) is 17.8 Å². The second kappa shape index (κ2) is 6.65.